The predicted molar refractivity (Wildman–Crippen MR) is 153 cm³/mol. The number of aromatic nitrogens is 5. The van der Waals surface area contributed by atoms with E-state index in [1.54, 1.807) is 18.9 Å². The van der Waals surface area contributed by atoms with Crippen molar-refractivity contribution in [1.82, 2.24) is 29.4 Å². The first-order chi connectivity index (χ1) is 19.0. The summed E-state index contributed by atoms with van der Waals surface area (Å²) in [7, 11) is 5.97. The number of hydrogen-bond donors (Lipinski definition) is 2. The van der Waals surface area contributed by atoms with Crippen molar-refractivity contribution in [3.63, 3.8) is 0 Å². The first kappa shape index (κ1) is 24.9. The van der Waals surface area contributed by atoms with Crippen LogP contribution < -0.4 is 20.1 Å². The number of hydrogen-bond acceptors (Lipinski definition) is 9. The molecule has 1 fully saturated rings. The maximum absolute atomic E-state index is 6.56. The van der Waals surface area contributed by atoms with Crippen LogP contribution in [0.1, 0.15) is 18.4 Å². The van der Waals surface area contributed by atoms with Crippen molar-refractivity contribution in [3.05, 3.63) is 60.8 Å². The molecule has 10 nitrogen and oxygen atoms in total. The van der Waals surface area contributed by atoms with Crippen LogP contribution >= 0.6 is 0 Å². The third kappa shape index (κ3) is 5.03. The standard InChI is InChI=1S/C29H32N8O2/c1-18-13-19(5-8-25(18)38-21-6-7-24-22(14-21)34-17-37(24)4)35-28-26-23(32-16-33-28)15-31-29(30-2)27(26)39-20-9-11-36(3)12-10-20/h5-8,13-17,20H,9-12H2,1-4H3,(H,30,31)(H,32,33,35). The molecule has 1 aliphatic rings. The van der Waals surface area contributed by atoms with Gasteiger partial charge >= 0.3 is 0 Å². The van der Waals surface area contributed by atoms with Gasteiger partial charge in [-0.15, -0.1) is 0 Å². The van der Waals surface area contributed by atoms with Crippen LogP contribution in [0, 0.1) is 6.92 Å². The zero-order chi connectivity index (χ0) is 26.9. The maximum Gasteiger partial charge on any atom is 0.175 e. The van der Waals surface area contributed by atoms with E-state index in [0.29, 0.717) is 17.4 Å². The molecule has 1 aliphatic heterocycles. The van der Waals surface area contributed by atoms with E-state index in [9.17, 15) is 0 Å². The van der Waals surface area contributed by atoms with E-state index in [1.165, 1.54) is 0 Å². The van der Waals surface area contributed by atoms with E-state index in [2.05, 4.69) is 42.5 Å². The van der Waals surface area contributed by atoms with Crippen molar-refractivity contribution >= 4 is 39.3 Å². The first-order valence-corrected chi connectivity index (χ1v) is 13.1. The second-order valence-electron chi connectivity index (χ2n) is 10.0. The number of fused-ring (bicyclic) bond motifs is 2. The Morgan fingerprint density at radius 3 is 2.56 bits per heavy atom. The predicted octanol–water partition coefficient (Wildman–Crippen LogP) is 5.27. The van der Waals surface area contributed by atoms with Gasteiger partial charge in [-0.3, -0.25) is 0 Å². The summed E-state index contributed by atoms with van der Waals surface area (Å²) in [4.78, 5) is 20.4. The number of nitrogens with one attached hydrogen (secondary N) is 2. The Labute approximate surface area is 227 Å². The summed E-state index contributed by atoms with van der Waals surface area (Å²) in [5.41, 5.74) is 4.55. The molecule has 4 heterocycles. The molecule has 0 unspecified atom stereocenters. The van der Waals surface area contributed by atoms with Gasteiger partial charge in [-0.25, -0.2) is 19.9 Å². The highest BCUT2D eigenvalue weighted by Gasteiger charge is 2.23. The van der Waals surface area contributed by atoms with E-state index in [-0.39, 0.29) is 6.10 Å². The largest absolute Gasteiger partial charge is 0.486 e. The number of nitrogens with zero attached hydrogens (tertiary/aromatic N) is 6. The second-order valence-corrected chi connectivity index (χ2v) is 10.0. The number of ether oxygens (including phenoxy) is 2. The van der Waals surface area contributed by atoms with Gasteiger partial charge in [0.2, 0.25) is 0 Å². The van der Waals surface area contributed by atoms with Crippen LogP contribution in [0.5, 0.6) is 17.2 Å². The maximum atomic E-state index is 6.56. The fraction of sp³-hybridized carbons (Fsp3) is 0.310. The summed E-state index contributed by atoms with van der Waals surface area (Å²) in [5, 5.41) is 7.46. The van der Waals surface area contributed by atoms with Crippen molar-refractivity contribution < 1.29 is 9.47 Å². The molecule has 0 radical (unpaired) electrons. The zero-order valence-corrected chi connectivity index (χ0v) is 22.6. The summed E-state index contributed by atoms with van der Waals surface area (Å²) in [6.07, 6.45) is 7.12. The summed E-state index contributed by atoms with van der Waals surface area (Å²) < 4.78 is 14.7. The minimum Gasteiger partial charge on any atom is -0.486 e. The average Bonchev–Trinajstić information content (AvgIpc) is 3.31. The Kier molecular flexibility index (Phi) is 6.62. The van der Waals surface area contributed by atoms with Gasteiger partial charge in [0.05, 0.1) is 34.5 Å². The SMILES string of the molecule is CNc1ncc2ncnc(Nc3ccc(Oc4ccc5c(c4)ncn5C)c(C)c3)c2c1OC1CCN(C)CC1. The Balaban J connectivity index is 1.28. The molecular formula is C29H32N8O2. The molecule has 3 aromatic heterocycles. The van der Waals surface area contributed by atoms with Gasteiger partial charge in [-0.05, 0) is 62.7 Å². The normalized spacial score (nSPS) is 14.6. The molecule has 0 amide bonds. The van der Waals surface area contributed by atoms with Crippen molar-refractivity contribution in [2.45, 2.75) is 25.9 Å². The van der Waals surface area contributed by atoms with Crippen LogP contribution in [0.2, 0.25) is 0 Å². The average molecular weight is 525 g/mol. The summed E-state index contributed by atoms with van der Waals surface area (Å²) in [6, 6.07) is 11.9. The zero-order valence-electron chi connectivity index (χ0n) is 22.6. The van der Waals surface area contributed by atoms with Crippen LogP contribution in [-0.4, -0.2) is 62.7 Å². The molecule has 0 spiro atoms. The molecule has 2 N–H and O–H groups in total. The van der Waals surface area contributed by atoms with Crippen LogP contribution in [0.25, 0.3) is 21.9 Å². The Hall–Kier alpha value is -4.44. The molecule has 0 atom stereocenters. The lowest BCUT2D eigenvalue weighted by molar-refractivity contribution is 0.116. The fourth-order valence-corrected chi connectivity index (χ4v) is 4.97. The summed E-state index contributed by atoms with van der Waals surface area (Å²) in [5.74, 6) is 3.53. The smallest absolute Gasteiger partial charge is 0.175 e. The van der Waals surface area contributed by atoms with Crippen molar-refractivity contribution in [2.24, 2.45) is 7.05 Å². The third-order valence-electron chi connectivity index (χ3n) is 7.18. The van der Waals surface area contributed by atoms with Crippen LogP contribution in [0.15, 0.2) is 55.2 Å². The molecule has 10 heteroatoms. The first-order valence-electron chi connectivity index (χ1n) is 13.1. The lowest BCUT2D eigenvalue weighted by atomic mass is 10.1. The Morgan fingerprint density at radius 1 is 0.923 bits per heavy atom. The fourth-order valence-electron chi connectivity index (χ4n) is 4.97. The van der Waals surface area contributed by atoms with E-state index < -0.39 is 0 Å². The monoisotopic (exact) mass is 524 g/mol. The number of anilines is 3. The highest BCUT2D eigenvalue weighted by atomic mass is 16.5. The minimum absolute atomic E-state index is 0.109. The molecule has 1 saturated heterocycles. The molecule has 200 valence electrons. The van der Waals surface area contributed by atoms with Gasteiger partial charge in [0.25, 0.3) is 0 Å². The minimum atomic E-state index is 0.109. The van der Waals surface area contributed by atoms with Gasteiger partial charge in [0.15, 0.2) is 11.6 Å². The lowest BCUT2D eigenvalue weighted by Gasteiger charge is -2.30. The van der Waals surface area contributed by atoms with E-state index in [0.717, 1.165) is 70.6 Å². The van der Waals surface area contributed by atoms with Crippen molar-refractivity contribution in [2.75, 3.05) is 37.8 Å². The highest BCUT2D eigenvalue weighted by Crippen LogP contribution is 2.38. The lowest BCUT2D eigenvalue weighted by Crippen LogP contribution is -2.35. The number of likely N-dealkylation sites (tertiary alicyclic amines) is 1. The van der Waals surface area contributed by atoms with Crippen LogP contribution in [-0.2, 0) is 7.05 Å². The molecule has 0 aliphatic carbocycles. The van der Waals surface area contributed by atoms with Crippen LogP contribution in [0.3, 0.4) is 0 Å². The number of imidazole rings is 1. The van der Waals surface area contributed by atoms with Gasteiger partial charge in [0.1, 0.15) is 29.7 Å². The molecule has 5 aromatic rings. The Bertz CT molecular complexity index is 1640. The number of aryl methyl sites for hydroxylation is 2. The topological polar surface area (TPSA) is 102 Å². The van der Waals surface area contributed by atoms with Gasteiger partial charge in [-0.2, -0.15) is 0 Å². The highest BCUT2D eigenvalue weighted by molar-refractivity contribution is 5.98. The van der Waals surface area contributed by atoms with Gasteiger partial charge in [0, 0.05) is 38.9 Å². The third-order valence-corrected chi connectivity index (χ3v) is 7.18. The van der Waals surface area contributed by atoms with E-state index in [1.807, 2.05) is 62.0 Å². The van der Waals surface area contributed by atoms with Crippen LogP contribution in [0.4, 0.5) is 17.3 Å². The summed E-state index contributed by atoms with van der Waals surface area (Å²) >= 11 is 0. The van der Waals surface area contributed by atoms with Crippen molar-refractivity contribution in [1.29, 1.82) is 0 Å². The number of piperidine rings is 1. The summed E-state index contributed by atoms with van der Waals surface area (Å²) in [6.45, 7) is 4.03. The molecule has 39 heavy (non-hydrogen) atoms. The molecule has 2 aromatic carbocycles. The van der Waals surface area contributed by atoms with Gasteiger partial charge < -0.3 is 29.6 Å². The number of pyridine rings is 1. The quantitative estimate of drug-likeness (QED) is 0.295. The molecule has 0 saturated carbocycles. The number of benzene rings is 2. The molecule has 6 rings (SSSR count). The Morgan fingerprint density at radius 2 is 1.77 bits per heavy atom. The number of rotatable bonds is 7. The van der Waals surface area contributed by atoms with Gasteiger partial charge in [-0.1, -0.05) is 0 Å². The van der Waals surface area contributed by atoms with Crippen molar-refractivity contribution in [3.8, 4) is 17.2 Å². The van der Waals surface area contributed by atoms with E-state index in [4.69, 9.17) is 9.47 Å². The second kappa shape index (κ2) is 10.4. The molecular weight excluding hydrogens is 492 g/mol. The molecule has 0 bridgehead atoms. The van der Waals surface area contributed by atoms with E-state index >= 15 is 0 Å².